The predicted molar refractivity (Wildman–Crippen MR) is 119 cm³/mol. The third-order valence-corrected chi connectivity index (χ3v) is 6.77. The molecule has 2 rings (SSSR count). The van der Waals surface area contributed by atoms with Gasteiger partial charge in [0.25, 0.3) is 0 Å². The molecule has 1 aromatic carbocycles. The summed E-state index contributed by atoms with van der Waals surface area (Å²) in [5.41, 5.74) is 0. The Labute approximate surface area is 175 Å². The highest BCUT2D eigenvalue weighted by molar-refractivity contribution is 14.0. The second-order valence-electron chi connectivity index (χ2n) is 7.02. The van der Waals surface area contributed by atoms with E-state index in [4.69, 9.17) is 0 Å². The van der Waals surface area contributed by atoms with E-state index >= 15 is 0 Å². The average Bonchev–Trinajstić information content (AvgIpc) is 2.62. The van der Waals surface area contributed by atoms with Crippen LogP contribution in [0.1, 0.15) is 46.0 Å². The Balaban J connectivity index is 0.00000338. The van der Waals surface area contributed by atoms with Crippen molar-refractivity contribution in [1.82, 2.24) is 10.6 Å². The van der Waals surface area contributed by atoms with E-state index in [0.29, 0.717) is 23.3 Å². The minimum atomic E-state index is -3.31. The Morgan fingerprint density at radius 1 is 1.19 bits per heavy atom. The lowest BCUT2D eigenvalue weighted by Gasteiger charge is -2.29. The average molecular weight is 493 g/mol. The first kappa shape index (κ1) is 23.2. The van der Waals surface area contributed by atoms with Crippen LogP contribution >= 0.6 is 24.0 Å². The molecule has 1 fully saturated rings. The van der Waals surface area contributed by atoms with Crippen molar-refractivity contribution in [2.45, 2.75) is 62.9 Å². The first-order chi connectivity index (χ1) is 11.9. The molecule has 0 aromatic heterocycles. The van der Waals surface area contributed by atoms with Gasteiger partial charge in [-0.3, -0.25) is 4.99 Å². The number of halogens is 1. The van der Waals surface area contributed by atoms with Crippen LogP contribution in [-0.4, -0.2) is 39.3 Å². The number of hydrogen-bond donors (Lipinski definition) is 2. The molecule has 1 atom stereocenters. The molecule has 7 heteroatoms. The lowest BCUT2D eigenvalue weighted by Crippen LogP contribution is -2.49. The SMILES string of the molecule is CCC(CS(=O)(=O)c1ccccc1)NC(=NC)NC1CCC(C)CC1.I. The highest BCUT2D eigenvalue weighted by Crippen LogP contribution is 2.23. The molecule has 0 saturated heterocycles. The Morgan fingerprint density at radius 2 is 1.81 bits per heavy atom. The van der Waals surface area contributed by atoms with Gasteiger partial charge >= 0.3 is 0 Å². The van der Waals surface area contributed by atoms with E-state index in [0.717, 1.165) is 18.8 Å². The molecule has 0 spiro atoms. The fourth-order valence-electron chi connectivity index (χ4n) is 3.21. The van der Waals surface area contributed by atoms with Crippen molar-refractivity contribution in [3.63, 3.8) is 0 Å². The van der Waals surface area contributed by atoms with Gasteiger partial charge in [-0.15, -0.1) is 24.0 Å². The Kier molecular flexibility index (Phi) is 9.92. The fourth-order valence-corrected chi connectivity index (χ4v) is 4.83. The van der Waals surface area contributed by atoms with Gasteiger partial charge in [0.2, 0.25) is 0 Å². The van der Waals surface area contributed by atoms with Crippen LogP contribution in [0.4, 0.5) is 0 Å². The summed E-state index contributed by atoms with van der Waals surface area (Å²) in [6.45, 7) is 4.29. The van der Waals surface area contributed by atoms with Gasteiger partial charge in [-0.1, -0.05) is 32.0 Å². The third kappa shape index (κ3) is 7.06. The van der Waals surface area contributed by atoms with E-state index in [-0.39, 0.29) is 35.8 Å². The molecule has 0 bridgehead atoms. The van der Waals surface area contributed by atoms with E-state index in [9.17, 15) is 8.42 Å². The van der Waals surface area contributed by atoms with Crippen LogP contribution in [0.25, 0.3) is 0 Å². The molecule has 5 nitrogen and oxygen atoms in total. The lowest BCUT2D eigenvalue weighted by atomic mass is 9.87. The summed E-state index contributed by atoms with van der Waals surface area (Å²) in [7, 11) is -1.58. The zero-order valence-electron chi connectivity index (χ0n) is 15.9. The second kappa shape index (κ2) is 11.1. The number of guanidine groups is 1. The van der Waals surface area contributed by atoms with Crippen LogP contribution in [0.3, 0.4) is 0 Å². The third-order valence-electron chi connectivity index (χ3n) is 4.94. The van der Waals surface area contributed by atoms with Crippen LogP contribution in [0.2, 0.25) is 0 Å². The van der Waals surface area contributed by atoms with Gasteiger partial charge in [0, 0.05) is 19.1 Å². The highest BCUT2D eigenvalue weighted by Gasteiger charge is 2.23. The minimum absolute atomic E-state index is 0. The van der Waals surface area contributed by atoms with Crippen LogP contribution < -0.4 is 10.6 Å². The zero-order chi connectivity index (χ0) is 18.3. The van der Waals surface area contributed by atoms with Gasteiger partial charge in [-0.2, -0.15) is 0 Å². The molecule has 2 N–H and O–H groups in total. The van der Waals surface area contributed by atoms with Gasteiger partial charge < -0.3 is 10.6 Å². The predicted octanol–water partition coefficient (Wildman–Crippen LogP) is 3.60. The first-order valence-corrected chi connectivity index (χ1v) is 10.9. The van der Waals surface area contributed by atoms with Crippen molar-refractivity contribution in [3.05, 3.63) is 30.3 Å². The van der Waals surface area contributed by atoms with E-state index < -0.39 is 9.84 Å². The molecule has 1 aliphatic carbocycles. The van der Waals surface area contributed by atoms with Crippen molar-refractivity contribution in [2.24, 2.45) is 10.9 Å². The van der Waals surface area contributed by atoms with E-state index in [2.05, 4.69) is 22.5 Å². The summed E-state index contributed by atoms with van der Waals surface area (Å²) in [6.07, 6.45) is 5.46. The molecule has 1 aliphatic rings. The number of nitrogens with zero attached hydrogens (tertiary/aromatic N) is 1. The second-order valence-corrected chi connectivity index (χ2v) is 9.05. The molecule has 0 heterocycles. The maximum absolute atomic E-state index is 12.6. The van der Waals surface area contributed by atoms with Crippen molar-refractivity contribution >= 4 is 39.8 Å². The van der Waals surface area contributed by atoms with Crippen LogP contribution in [0, 0.1) is 5.92 Å². The molecule has 0 amide bonds. The number of benzene rings is 1. The standard InChI is InChI=1S/C19H31N3O2S.HI/c1-4-16(14-25(23,24)18-8-6-5-7-9-18)21-19(20-3)22-17-12-10-15(2)11-13-17;/h5-9,15-17H,4,10-14H2,1-3H3,(H2,20,21,22);1H. The van der Waals surface area contributed by atoms with Crippen molar-refractivity contribution in [1.29, 1.82) is 0 Å². The largest absolute Gasteiger partial charge is 0.354 e. The summed E-state index contributed by atoms with van der Waals surface area (Å²) in [4.78, 5) is 4.67. The van der Waals surface area contributed by atoms with Gasteiger partial charge in [0.05, 0.1) is 10.6 Å². The smallest absolute Gasteiger partial charge is 0.191 e. The zero-order valence-corrected chi connectivity index (χ0v) is 19.1. The van der Waals surface area contributed by atoms with E-state index in [1.807, 2.05) is 13.0 Å². The fraction of sp³-hybridized carbons (Fsp3) is 0.632. The van der Waals surface area contributed by atoms with Gasteiger partial charge in [0.15, 0.2) is 15.8 Å². The van der Waals surface area contributed by atoms with Crippen molar-refractivity contribution < 1.29 is 8.42 Å². The van der Waals surface area contributed by atoms with Gasteiger partial charge in [0.1, 0.15) is 0 Å². The van der Waals surface area contributed by atoms with Crippen LogP contribution in [0.15, 0.2) is 40.2 Å². The Bertz CT molecular complexity index is 657. The lowest BCUT2D eigenvalue weighted by molar-refractivity contribution is 0.328. The van der Waals surface area contributed by atoms with Gasteiger partial charge in [-0.25, -0.2) is 8.42 Å². The number of nitrogens with one attached hydrogen (secondary N) is 2. The summed E-state index contributed by atoms with van der Waals surface area (Å²) in [5, 5.41) is 6.76. The molecule has 1 saturated carbocycles. The molecule has 148 valence electrons. The number of hydrogen-bond acceptors (Lipinski definition) is 3. The summed E-state index contributed by atoms with van der Waals surface area (Å²) < 4.78 is 25.2. The first-order valence-electron chi connectivity index (χ1n) is 9.22. The molecular formula is C19H32IN3O2S. The topological polar surface area (TPSA) is 70.6 Å². The highest BCUT2D eigenvalue weighted by atomic mass is 127. The normalized spacial score (nSPS) is 22.2. The number of rotatable bonds is 6. The Morgan fingerprint density at radius 3 is 2.35 bits per heavy atom. The minimum Gasteiger partial charge on any atom is -0.354 e. The maximum Gasteiger partial charge on any atom is 0.191 e. The monoisotopic (exact) mass is 493 g/mol. The van der Waals surface area contributed by atoms with E-state index in [1.165, 1.54) is 12.8 Å². The molecule has 1 aromatic rings. The van der Waals surface area contributed by atoms with Crippen molar-refractivity contribution in [2.75, 3.05) is 12.8 Å². The van der Waals surface area contributed by atoms with E-state index in [1.54, 1.807) is 31.3 Å². The Hall–Kier alpha value is -0.830. The quantitative estimate of drug-likeness (QED) is 0.361. The summed E-state index contributed by atoms with van der Waals surface area (Å²) in [5.74, 6) is 1.57. The van der Waals surface area contributed by atoms with Crippen LogP contribution in [0.5, 0.6) is 0 Å². The summed E-state index contributed by atoms with van der Waals surface area (Å²) in [6, 6.07) is 8.89. The molecular weight excluding hydrogens is 461 g/mol. The molecule has 0 aliphatic heterocycles. The molecule has 1 unspecified atom stereocenters. The summed E-state index contributed by atoms with van der Waals surface area (Å²) >= 11 is 0. The number of aliphatic imine (C=N–C) groups is 1. The van der Waals surface area contributed by atoms with Crippen LogP contribution in [-0.2, 0) is 9.84 Å². The molecule has 0 radical (unpaired) electrons. The molecule has 26 heavy (non-hydrogen) atoms. The van der Waals surface area contributed by atoms with Gasteiger partial charge in [-0.05, 0) is 50.2 Å². The maximum atomic E-state index is 12.6. The van der Waals surface area contributed by atoms with Crippen molar-refractivity contribution in [3.8, 4) is 0 Å². The number of sulfone groups is 1.